The normalized spacial score (nSPS) is 11.5. The zero-order valence-electron chi connectivity index (χ0n) is 8.55. The maximum absolute atomic E-state index is 11.1. The van der Waals surface area contributed by atoms with Crippen molar-refractivity contribution in [2.45, 2.75) is 26.3 Å². The topological polar surface area (TPSA) is 36.1 Å². The lowest BCUT2D eigenvalue weighted by Gasteiger charge is -2.10. The molecule has 1 heterocycles. The number of hydrogen-bond donors (Lipinski definition) is 1. The van der Waals surface area contributed by atoms with Crippen LogP contribution in [-0.2, 0) is 6.54 Å². The molecule has 1 rings (SSSR count). The van der Waals surface area contributed by atoms with E-state index in [1.54, 1.807) is 0 Å². The molecule has 0 aromatic carbocycles. The van der Waals surface area contributed by atoms with Gasteiger partial charge in [-0.15, -0.1) is 0 Å². The Morgan fingerprint density at radius 1 is 1.46 bits per heavy atom. The van der Waals surface area contributed by atoms with Crippen LogP contribution >= 0.6 is 11.3 Å². The van der Waals surface area contributed by atoms with Crippen molar-refractivity contribution in [3.8, 4) is 0 Å². The van der Waals surface area contributed by atoms with Gasteiger partial charge in [-0.1, -0.05) is 25.2 Å². The second-order valence-corrected chi connectivity index (χ2v) is 4.81. The molecule has 0 bridgehead atoms. The minimum atomic E-state index is 0.0561. The summed E-state index contributed by atoms with van der Waals surface area (Å²) >= 11 is 1.32. The van der Waals surface area contributed by atoms with Crippen molar-refractivity contribution >= 4 is 11.3 Å². The highest BCUT2D eigenvalue weighted by atomic mass is 32.1. The summed E-state index contributed by atoms with van der Waals surface area (Å²) in [4.78, 5) is 17.3. The van der Waals surface area contributed by atoms with Crippen molar-refractivity contribution in [1.29, 1.82) is 0 Å². The Kier molecular flexibility index (Phi) is 3.27. The Labute approximate surface area is 82.4 Å². The summed E-state index contributed by atoms with van der Waals surface area (Å²) < 4.78 is 0. The van der Waals surface area contributed by atoms with Crippen LogP contribution in [-0.4, -0.2) is 24.0 Å². The molecule has 3 nitrogen and oxygen atoms in total. The Morgan fingerprint density at radius 3 is 2.54 bits per heavy atom. The molecule has 0 fully saturated rings. The van der Waals surface area contributed by atoms with Gasteiger partial charge in [0.15, 0.2) is 0 Å². The first-order chi connectivity index (χ1) is 6.00. The maximum Gasteiger partial charge on any atom is 0.304 e. The van der Waals surface area contributed by atoms with Crippen LogP contribution in [0, 0.1) is 0 Å². The number of H-pyrrole nitrogens is 1. The smallest absolute Gasteiger partial charge is 0.304 e. The van der Waals surface area contributed by atoms with Gasteiger partial charge in [-0.25, -0.2) is 0 Å². The van der Waals surface area contributed by atoms with Gasteiger partial charge in [0.2, 0.25) is 0 Å². The van der Waals surface area contributed by atoms with E-state index in [-0.39, 0.29) is 4.87 Å². The fourth-order valence-electron chi connectivity index (χ4n) is 1.24. The molecular formula is C9H16N2OS. The SMILES string of the molecule is CC(C)c1[nH]c(=O)sc1CN(C)C. The molecule has 0 spiro atoms. The second kappa shape index (κ2) is 4.07. The molecule has 0 saturated carbocycles. The van der Waals surface area contributed by atoms with Crippen LogP contribution in [0.15, 0.2) is 4.79 Å². The minimum absolute atomic E-state index is 0.0561. The molecule has 1 aromatic rings. The highest BCUT2D eigenvalue weighted by molar-refractivity contribution is 7.09. The van der Waals surface area contributed by atoms with Gasteiger partial charge in [-0.2, -0.15) is 0 Å². The van der Waals surface area contributed by atoms with Crippen molar-refractivity contribution in [2.24, 2.45) is 0 Å². The van der Waals surface area contributed by atoms with Crippen molar-refractivity contribution < 1.29 is 0 Å². The fraction of sp³-hybridized carbons (Fsp3) is 0.667. The highest BCUT2D eigenvalue weighted by Gasteiger charge is 2.11. The first kappa shape index (κ1) is 10.5. The molecule has 0 unspecified atom stereocenters. The van der Waals surface area contributed by atoms with Crippen molar-refractivity contribution in [2.75, 3.05) is 14.1 Å². The molecule has 0 amide bonds. The molecule has 0 saturated heterocycles. The lowest BCUT2D eigenvalue weighted by Crippen LogP contribution is -2.11. The molecule has 0 aliphatic heterocycles. The summed E-state index contributed by atoms with van der Waals surface area (Å²) in [6, 6.07) is 0. The molecule has 13 heavy (non-hydrogen) atoms. The third-order valence-corrected chi connectivity index (χ3v) is 2.67. The van der Waals surface area contributed by atoms with Gasteiger partial charge in [0.1, 0.15) is 0 Å². The predicted molar refractivity (Wildman–Crippen MR) is 56.4 cm³/mol. The van der Waals surface area contributed by atoms with Gasteiger partial charge in [0.05, 0.1) is 0 Å². The fourth-order valence-corrected chi connectivity index (χ4v) is 2.35. The van der Waals surface area contributed by atoms with Crippen LogP contribution in [0.4, 0.5) is 0 Å². The minimum Gasteiger partial charge on any atom is -0.316 e. The average molecular weight is 200 g/mol. The van der Waals surface area contributed by atoms with Crippen molar-refractivity contribution in [3.63, 3.8) is 0 Å². The van der Waals surface area contributed by atoms with E-state index in [4.69, 9.17) is 0 Å². The molecule has 0 aliphatic rings. The quantitative estimate of drug-likeness (QED) is 0.805. The summed E-state index contributed by atoms with van der Waals surface area (Å²) in [5, 5.41) is 0. The molecule has 74 valence electrons. The molecule has 0 radical (unpaired) electrons. The number of aromatic nitrogens is 1. The van der Waals surface area contributed by atoms with E-state index >= 15 is 0 Å². The third kappa shape index (κ3) is 2.67. The number of nitrogens with one attached hydrogen (secondary N) is 1. The zero-order chi connectivity index (χ0) is 10.0. The Hall–Kier alpha value is -0.610. The molecule has 0 aliphatic carbocycles. The van der Waals surface area contributed by atoms with Gasteiger partial charge in [0, 0.05) is 17.1 Å². The second-order valence-electron chi connectivity index (χ2n) is 3.74. The predicted octanol–water partition coefficient (Wildman–Crippen LogP) is 1.62. The van der Waals surface area contributed by atoms with E-state index in [1.165, 1.54) is 11.3 Å². The van der Waals surface area contributed by atoms with Crippen LogP contribution in [0.25, 0.3) is 0 Å². The van der Waals surface area contributed by atoms with Gasteiger partial charge in [-0.05, 0) is 20.0 Å². The summed E-state index contributed by atoms with van der Waals surface area (Å²) in [7, 11) is 4.02. The lowest BCUT2D eigenvalue weighted by molar-refractivity contribution is 0.404. The van der Waals surface area contributed by atoms with Crippen LogP contribution in [0.5, 0.6) is 0 Å². The number of aromatic amines is 1. The van der Waals surface area contributed by atoms with Gasteiger partial charge >= 0.3 is 4.87 Å². The summed E-state index contributed by atoms with van der Waals surface area (Å²) in [6.45, 7) is 5.03. The standard InChI is InChI=1S/C9H16N2OS/c1-6(2)8-7(5-11(3)4)13-9(12)10-8/h6H,5H2,1-4H3,(H,10,12). The first-order valence-corrected chi connectivity index (χ1v) is 5.19. The van der Waals surface area contributed by atoms with E-state index in [0.29, 0.717) is 5.92 Å². The maximum atomic E-state index is 11.1. The van der Waals surface area contributed by atoms with Crippen LogP contribution in [0.3, 0.4) is 0 Å². The van der Waals surface area contributed by atoms with Gasteiger partial charge in [0.25, 0.3) is 0 Å². The third-order valence-electron chi connectivity index (χ3n) is 1.79. The number of thiazole rings is 1. The number of rotatable bonds is 3. The summed E-state index contributed by atoms with van der Waals surface area (Å²) in [5.41, 5.74) is 1.09. The van der Waals surface area contributed by atoms with Crippen LogP contribution < -0.4 is 4.87 Å². The monoisotopic (exact) mass is 200 g/mol. The van der Waals surface area contributed by atoms with Crippen molar-refractivity contribution in [3.05, 3.63) is 20.2 Å². The summed E-state index contributed by atoms with van der Waals surface area (Å²) in [6.07, 6.45) is 0. The van der Waals surface area contributed by atoms with E-state index < -0.39 is 0 Å². The molecular weight excluding hydrogens is 184 g/mol. The zero-order valence-corrected chi connectivity index (χ0v) is 9.36. The Bertz CT molecular complexity index is 325. The highest BCUT2D eigenvalue weighted by Crippen LogP contribution is 2.19. The van der Waals surface area contributed by atoms with Crippen LogP contribution in [0.1, 0.15) is 30.3 Å². The van der Waals surface area contributed by atoms with Gasteiger partial charge in [-0.3, -0.25) is 4.79 Å². The average Bonchev–Trinajstić information content (AvgIpc) is 2.29. The van der Waals surface area contributed by atoms with Crippen LogP contribution in [0.2, 0.25) is 0 Å². The van der Waals surface area contributed by atoms with E-state index in [0.717, 1.165) is 17.1 Å². The molecule has 4 heteroatoms. The van der Waals surface area contributed by atoms with E-state index in [2.05, 4.69) is 23.7 Å². The van der Waals surface area contributed by atoms with Gasteiger partial charge < -0.3 is 9.88 Å². The first-order valence-electron chi connectivity index (χ1n) is 4.37. The Balaban J connectivity index is 2.97. The summed E-state index contributed by atoms with van der Waals surface area (Å²) in [5.74, 6) is 0.397. The lowest BCUT2D eigenvalue weighted by atomic mass is 10.1. The van der Waals surface area contributed by atoms with Crippen molar-refractivity contribution in [1.82, 2.24) is 9.88 Å². The largest absolute Gasteiger partial charge is 0.316 e. The number of nitrogens with zero attached hydrogens (tertiary/aromatic N) is 1. The number of hydrogen-bond acceptors (Lipinski definition) is 3. The molecule has 1 N–H and O–H groups in total. The van der Waals surface area contributed by atoms with E-state index in [9.17, 15) is 4.79 Å². The Morgan fingerprint density at radius 2 is 2.08 bits per heavy atom. The van der Waals surface area contributed by atoms with E-state index in [1.807, 2.05) is 14.1 Å². The molecule has 1 aromatic heterocycles. The molecule has 0 atom stereocenters.